The van der Waals surface area contributed by atoms with Crippen molar-refractivity contribution in [3.8, 4) is 0 Å². The third-order valence-electron chi connectivity index (χ3n) is 2.76. The Morgan fingerprint density at radius 3 is 2.22 bits per heavy atom. The standard InChI is InChI=1S/C10H16F5N3/c1-3-5-6-18-8(4-2)17(7-16-18)10(14,15)9(11,12)13/h7-8H,3-6H2,1-2H3. The van der Waals surface area contributed by atoms with Gasteiger partial charge in [-0.2, -0.15) is 27.1 Å². The Bertz CT molecular complexity index is 302. The second kappa shape index (κ2) is 5.27. The Labute approximate surface area is 102 Å². The maximum absolute atomic E-state index is 13.3. The molecule has 0 bridgehead atoms. The Hall–Kier alpha value is -1.08. The molecule has 1 atom stereocenters. The minimum atomic E-state index is -5.60. The highest BCUT2D eigenvalue weighted by Gasteiger charge is 2.64. The van der Waals surface area contributed by atoms with E-state index in [0.29, 0.717) is 19.3 Å². The van der Waals surface area contributed by atoms with E-state index in [9.17, 15) is 22.0 Å². The van der Waals surface area contributed by atoms with Crippen LogP contribution in [0.2, 0.25) is 0 Å². The summed E-state index contributed by atoms with van der Waals surface area (Å²) in [5, 5.41) is 4.92. The van der Waals surface area contributed by atoms with Crippen molar-refractivity contribution < 1.29 is 22.0 Å². The van der Waals surface area contributed by atoms with Crippen molar-refractivity contribution in [2.24, 2.45) is 5.10 Å². The first kappa shape index (κ1) is 15.0. The number of alkyl halides is 5. The average molecular weight is 273 g/mol. The molecule has 0 aromatic heterocycles. The topological polar surface area (TPSA) is 18.8 Å². The maximum Gasteiger partial charge on any atom is 0.475 e. The first-order valence-electron chi connectivity index (χ1n) is 5.79. The number of hydrogen-bond donors (Lipinski definition) is 0. The number of rotatable bonds is 5. The lowest BCUT2D eigenvalue weighted by Gasteiger charge is -2.35. The van der Waals surface area contributed by atoms with Crippen LogP contribution >= 0.6 is 0 Å². The molecule has 0 radical (unpaired) electrons. The van der Waals surface area contributed by atoms with Gasteiger partial charge in [0.15, 0.2) is 0 Å². The van der Waals surface area contributed by atoms with Gasteiger partial charge in [-0.15, -0.1) is 0 Å². The van der Waals surface area contributed by atoms with Crippen molar-refractivity contribution in [3.05, 3.63) is 0 Å². The fourth-order valence-corrected chi connectivity index (χ4v) is 1.76. The minimum absolute atomic E-state index is 0.0112. The van der Waals surface area contributed by atoms with Crippen LogP contribution in [0.5, 0.6) is 0 Å². The molecule has 1 rings (SSSR count). The summed E-state index contributed by atoms with van der Waals surface area (Å²) in [6, 6.07) is -4.89. The number of halogens is 5. The average Bonchev–Trinajstić information content (AvgIpc) is 2.67. The van der Waals surface area contributed by atoms with Crippen LogP contribution in [0.25, 0.3) is 0 Å². The maximum atomic E-state index is 13.3. The molecule has 0 N–H and O–H groups in total. The van der Waals surface area contributed by atoms with Crippen molar-refractivity contribution in [2.45, 2.75) is 51.5 Å². The van der Waals surface area contributed by atoms with Crippen LogP contribution in [0.1, 0.15) is 33.1 Å². The van der Waals surface area contributed by atoms with Crippen LogP contribution in [-0.2, 0) is 0 Å². The van der Waals surface area contributed by atoms with Gasteiger partial charge in [0.05, 0.1) is 0 Å². The third kappa shape index (κ3) is 2.67. The van der Waals surface area contributed by atoms with Crippen molar-refractivity contribution >= 4 is 6.34 Å². The van der Waals surface area contributed by atoms with Crippen LogP contribution in [0.4, 0.5) is 22.0 Å². The van der Waals surface area contributed by atoms with E-state index in [0.717, 1.165) is 6.42 Å². The van der Waals surface area contributed by atoms with Gasteiger partial charge in [-0.3, -0.25) is 9.91 Å². The molecule has 0 saturated carbocycles. The zero-order valence-electron chi connectivity index (χ0n) is 10.2. The molecular weight excluding hydrogens is 257 g/mol. The molecule has 0 spiro atoms. The molecule has 106 valence electrons. The summed E-state index contributed by atoms with van der Waals surface area (Å²) in [4.78, 5) is -0.0112. The Balaban J connectivity index is 2.83. The fourth-order valence-electron chi connectivity index (χ4n) is 1.76. The predicted molar refractivity (Wildman–Crippen MR) is 57.0 cm³/mol. The van der Waals surface area contributed by atoms with Crippen LogP contribution in [0.3, 0.4) is 0 Å². The monoisotopic (exact) mass is 273 g/mol. The molecule has 8 heteroatoms. The van der Waals surface area contributed by atoms with E-state index in [-0.39, 0.29) is 11.3 Å². The molecule has 0 aromatic rings. The summed E-state index contributed by atoms with van der Waals surface area (Å²) < 4.78 is 63.4. The summed E-state index contributed by atoms with van der Waals surface area (Å²) >= 11 is 0. The number of unbranched alkanes of at least 4 members (excludes halogenated alkanes) is 1. The fraction of sp³-hybridized carbons (Fsp3) is 0.900. The smallest absolute Gasteiger partial charge is 0.273 e. The lowest BCUT2D eigenvalue weighted by molar-refractivity contribution is -0.333. The summed E-state index contributed by atoms with van der Waals surface area (Å²) in [5.74, 6) is 0. The second-order valence-electron chi connectivity index (χ2n) is 4.08. The highest BCUT2D eigenvalue weighted by atomic mass is 19.4. The zero-order valence-corrected chi connectivity index (χ0v) is 10.2. The van der Waals surface area contributed by atoms with E-state index < -0.39 is 18.4 Å². The van der Waals surface area contributed by atoms with Gasteiger partial charge in [0.1, 0.15) is 12.5 Å². The van der Waals surface area contributed by atoms with Gasteiger partial charge in [-0.05, 0) is 12.8 Å². The van der Waals surface area contributed by atoms with Crippen molar-refractivity contribution in [2.75, 3.05) is 6.54 Å². The van der Waals surface area contributed by atoms with Gasteiger partial charge >= 0.3 is 12.2 Å². The Morgan fingerprint density at radius 2 is 1.78 bits per heavy atom. The molecule has 3 nitrogen and oxygen atoms in total. The first-order chi connectivity index (χ1) is 8.25. The van der Waals surface area contributed by atoms with Gasteiger partial charge in [0.2, 0.25) is 0 Å². The zero-order chi connectivity index (χ0) is 14.0. The van der Waals surface area contributed by atoms with E-state index in [1.54, 1.807) is 6.92 Å². The minimum Gasteiger partial charge on any atom is -0.273 e. The second-order valence-corrected chi connectivity index (χ2v) is 4.08. The molecule has 0 aliphatic carbocycles. The molecular formula is C10H16F5N3. The van der Waals surface area contributed by atoms with Crippen molar-refractivity contribution in [3.63, 3.8) is 0 Å². The van der Waals surface area contributed by atoms with Crippen molar-refractivity contribution in [1.82, 2.24) is 9.91 Å². The molecule has 0 amide bonds. The summed E-state index contributed by atoms with van der Waals surface area (Å²) in [7, 11) is 0. The van der Waals surface area contributed by atoms with E-state index >= 15 is 0 Å². The van der Waals surface area contributed by atoms with Crippen LogP contribution in [-0.4, -0.2) is 41.2 Å². The van der Waals surface area contributed by atoms with E-state index in [2.05, 4.69) is 5.10 Å². The lowest BCUT2D eigenvalue weighted by atomic mass is 10.2. The highest BCUT2D eigenvalue weighted by Crippen LogP contribution is 2.40. The van der Waals surface area contributed by atoms with Crippen LogP contribution in [0.15, 0.2) is 5.10 Å². The largest absolute Gasteiger partial charge is 0.475 e. The molecule has 1 unspecified atom stereocenters. The molecule has 18 heavy (non-hydrogen) atoms. The van der Waals surface area contributed by atoms with Gasteiger partial charge in [-0.1, -0.05) is 20.3 Å². The summed E-state index contributed by atoms with van der Waals surface area (Å²) in [5.41, 5.74) is 0. The molecule has 1 heterocycles. The van der Waals surface area contributed by atoms with E-state index in [1.807, 2.05) is 6.92 Å². The van der Waals surface area contributed by atoms with Gasteiger partial charge in [0.25, 0.3) is 0 Å². The SMILES string of the molecule is CCCCN1N=CN(C(F)(F)C(F)(F)F)C1CC. The van der Waals surface area contributed by atoms with Crippen LogP contribution in [0, 0.1) is 0 Å². The molecule has 0 saturated heterocycles. The molecule has 0 fully saturated rings. The molecule has 1 aliphatic heterocycles. The highest BCUT2D eigenvalue weighted by molar-refractivity contribution is 5.58. The Morgan fingerprint density at radius 1 is 1.17 bits per heavy atom. The first-order valence-corrected chi connectivity index (χ1v) is 5.79. The number of hydrogen-bond acceptors (Lipinski definition) is 3. The van der Waals surface area contributed by atoms with Crippen LogP contribution < -0.4 is 0 Å². The van der Waals surface area contributed by atoms with E-state index in [4.69, 9.17) is 0 Å². The number of nitrogens with zero attached hydrogens (tertiary/aromatic N) is 3. The summed E-state index contributed by atoms with van der Waals surface area (Å²) in [6.07, 6.45) is -4.43. The normalized spacial score (nSPS) is 20.9. The quantitative estimate of drug-likeness (QED) is 0.565. The summed E-state index contributed by atoms with van der Waals surface area (Å²) in [6.45, 7) is 3.83. The molecule has 1 aliphatic rings. The third-order valence-corrected chi connectivity index (χ3v) is 2.76. The number of hydrazone groups is 1. The Kier molecular flexibility index (Phi) is 4.39. The van der Waals surface area contributed by atoms with Gasteiger partial charge < -0.3 is 0 Å². The van der Waals surface area contributed by atoms with Crippen molar-refractivity contribution in [1.29, 1.82) is 0 Å². The van der Waals surface area contributed by atoms with Gasteiger partial charge in [-0.25, -0.2) is 0 Å². The predicted octanol–water partition coefficient (Wildman–Crippen LogP) is 3.24. The molecule has 0 aromatic carbocycles. The lowest BCUT2D eigenvalue weighted by Crippen LogP contribution is -2.56. The van der Waals surface area contributed by atoms with E-state index in [1.165, 1.54) is 5.01 Å². The van der Waals surface area contributed by atoms with Gasteiger partial charge in [0, 0.05) is 6.54 Å².